The molecule has 0 fully saturated rings. The predicted molar refractivity (Wildman–Crippen MR) is 85.8 cm³/mol. The third kappa shape index (κ3) is 6.60. The first-order chi connectivity index (χ1) is 9.63. The minimum absolute atomic E-state index is 0.166. The van der Waals surface area contributed by atoms with Crippen LogP contribution in [0.4, 0.5) is 5.69 Å². The van der Waals surface area contributed by atoms with Crippen LogP contribution in [0.25, 0.3) is 0 Å². The van der Waals surface area contributed by atoms with Crippen LogP contribution in [-0.4, -0.2) is 18.5 Å². The Balaban J connectivity index is 2.38. The smallest absolute Gasteiger partial charge is 0.220 e. The second-order valence-corrected chi connectivity index (χ2v) is 5.62. The first-order valence-corrected chi connectivity index (χ1v) is 7.71. The van der Waals surface area contributed by atoms with Gasteiger partial charge in [-0.15, -0.1) is 0 Å². The highest BCUT2D eigenvalue weighted by Gasteiger charge is 2.14. The number of amides is 1. The van der Waals surface area contributed by atoms with Gasteiger partial charge in [0.15, 0.2) is 0 Å². The maximum Gasteiger partial charge on any atom is 0.220 e. The van der Waals surface area contributed by atoms with E-state index in [1.807, 2.05) is 18.2 Å². The molecule has 0 aliphatic carbocycles. The number of hydrogen-bond acceptors (Lipinski definition) is 2. The van der Waals surface area contributed by atoms with Crippen LogP contribution in [0.5, 0.6) is 0 Å². The third-order valence-corrected chi connectivity index (χ3v) is 3.46. The molecule has 3 heteroatoms. The van der Waals surface area contributed by atoms with Crippen LogP contribution in [-0.2, 0) is 4.79 Å². The van der Waals surface area contributed by atoms with Crippen molar-refractivity contribution in [3.8, 4) is 0 Å². The summed E-state index contributed by atoms with van der Waals surface area (Å²) in [5.41, 5.74) is 1.10. The van der Waals surface area contributed by atoms with Crippen LogP contribution in [0.1, 0.15) is 46.5 Å². The lowest BCUT2D eigenvalue weighted by Gasteiger charge is -2.24. The first-order valence-electron chi connectivity index (χ1n) is 7.71. The van der Waals surface area contributed by atoms with Gasteiger partial charge in [-0.05, 0) is 24.5 Å². The van der Waals surface area contributed by atoms with Gasteiger partial charge >= 0.3 is 0 Å². The van der Waals surface area contributed by atoms with Crippen molar-refractivity contribution in [1.82, 2.24) is 5.32 Å². The molecular formula is C17H28N2O. The quantitative estimate of drug-likeness (QED) is 0.673. The van der Waals surface area contributed by atoms with Crippen LogP contribution in [0.3, 0.4) is 0 Å². The van der Waals surface area contributed by atoms with Crippen LogP contribution in [0.15, 0.2) is 30.3 Å². The summed E-state index contributed by atoms with van der Waals surface area (Å²) < 4.78 is 0. The molecule has 0 spiro atoms. The van der Waals surface area contributed by atoms with E-state index in [0.29, 0.717) is 18.9 Å². The van der Waals surface area contributed by atoms with Crippen molar-refractivity contribution >= 4 is 11.6 Å². The zero-order valence-electron chi connectivity index (χ0n) is 13.0. The summed E-state index contributed by atoms with van der Waals surface area (Å²) in [6.07, 6.45) is 3.91. The monoisotopic (exact) mass is 276 g/mol. The van der Waals surface area contributed by atoms with Crippen LogP contribution >= 0.6 is 0 Å². The van der Waals surface area contributed by atoms with Gasteiger partial charge in [-0.3, -0.25) is 4.79 Å². The average Bonchev–Trinajstić information content (AvgIpc) is 2.44. The Morgan fingerprint density at radius 3 is 2.45 bits per heavy atom. The van der Waals surface area contributed by atoms with Crippen molar-refractivity contribution in [3.63, 3.8) is 0 Å². The van der Waals surface area contributed by atoms with Gasteiger partial charge < -0.3 is 10.6 Å². The number of para-hydroxylation sites is 1. The molecule has 1 unspecified atom stereocenters. The van der Waals surface area contributed by atoms with E-state index in [-0.39, 0.29) is 11.9 Å². The average molecular weight is 276 g/mol. The Bertz CT molecular complexity index is 376. The number of hydrogen-bond donors (Lipinski definition) is 2. The SMILES string of the molecule is CCCCCC(=O)NCC(Nc1ccccc1)C(C)C. The van der Waals surface area contributed by atoms with Crippen molar-refractivity contribution in [1.29, 1.82) is 0 Å². The fourth-order valence-electron chi connectivity index (χ4n) is 2.05. The van der Waals surface area contributed by atoms with Gasteiger partial charge in [0.05, 0.1) is 0 Å². The molecule has 0 aliphatic rings. The molecule has 0 aliphatic heterocycles. The summed E-state index contributed by atoms with van der Waals surface area (Å²) in [5.74, 6) is 0.630. The molecule has 0 saturated heterocycles. The zero-order valence-corrected chi connectivity index (χ0v) is 13.0. The Morgan fingerprint density at radius 1 is 1.15 bits per heavy atom. The highest BCUT2D eigenvalue weighted by Crippen LogP contribution is 2.11. The number of rotatable bonds is 9. The molecule has 1 aromatic carbocycles. The molecule has 112 valence electrons. The summed E-state index contributed by atoms with van der Waals surface area (Å²) >= 11 is 0. The van der Waals surface area contributed by atoms with Crippen molar-refractivity contribution in [2.75, 3.05) is 11.9 Å². The van der Waals surface area contributed by atoms with Crippen LogP contribution in [0, 0.1) is 5.92 Å². The van der Waals surface area contributed by atoms with E-state index < -0.39 is 0 Å². The number of anilines is 1. The fraction of sp³-hybridized carbons (Fsp3) is 0.588. The molecule has 0 aromatic heterocycles. The van der Waals surface area contributed by atoms with Crippen molar-refractivity contribution in [3.05, 3.63) is 30.3 Å². The van der Waals surface area contributed by atoms with Crippen molar-refractivity contribution in [2.45, 2.75) is 52.5 Å². The summed E-state index contributed by atoms with van der Waals surface area (Å²) in [6.45, 7) is 7.17. The van der Waals surface area contributed by atoms with Crippen LogP contribution in [0.2, 0.25) is 0 Å². The molecule has 2 N–H and O–H groups in total. The molecule has 1 rings (SSSR count). The van der Waals surface area contributed by atoms with Crippen molar-refractivity contribution < 1.29 is 4.79 Å². The fourth-order valence-corrected chi connectivity index (χ4v) is 2.05. The minimum atomic E-state index is 0.166. The number of nitrogens with one attached hydrogen (secondary N) is 2. The number of carbonyl (C=O) groups excluding carboxylic acids is 1. The van der Waals surface area contributed by atoms with Crippen molar-refractivity contribution in [2.24, 2.45) is 5.92 Å². The molecule has 1 amide bonds. The molecule has 1 atom stereocenters. The van der Waals surface area contributed by atoms with Gasteiger partial charge in [0.25, 0.3) is 0 Å². The molecule has 1 aromatic rings. The summed E-state index contributed by atoms with van der Waals surface area (Å²) in [4.78, 5) is 11.8. The van der Waals surface area contributed by atoms with E-state index in [0.717, 1.165) is 24.9 Å². The lowest BCUT2D eigenvalue weighted by atomic mass is 10.0. The standard InChI is InChI=1S/C17H28N2O/c1-4-5-7-12-17(20)18-13-16(14(2)3)19-15-10-8-6-9-11-15/h6,8-11,14,16,19H,4-5,7,12-13H2,1-3H3,(H,18,20). The Hall–Kier alpha value is -1.51. The zero-order chi connectivity index (χ0) is 14.8. The van der Waals surface area contributed by atoms with E-state index in [1.54, 1.807) is 0 Å². The highest BCUT2D eigenvalue weighted by molar-refractivity contribution is 5.75. The molecule has 0 saturated carbocycles. The van der Waals surface area contributed by atoms with Gasteiger partial charge in [-0.25, -0.2) is 0 Å². The molecule has 0 heterocycles. The Kier molecular flexibility index (Phi) is 7.78. The predicted octanol–water partition coefficient (Wildman–Crippen LogP) is 3.82. The summed E-state index contributed by atoms with van der Waals surface area (Å²) in [7, 11) is 0. The van der Waals surface area contributed by atoms with Gasteiger partial charge in [0, 0.05) is 24.7 Å². The normalized spacial score (nSPS) is 12.2. The van der Waals surface area contributed by atoms with Gasteiger partial charge in [0.1, 0.15) is 0 Å². The van der Waals surface area contributed by atoms with Crippen LogP contribution < -0.4 is 10.6 Å². The molecule has 0 bridgehead atoms. The molecular weight excluding hydrogens is 248 g/mol. The topological polar surface area (TPSA) is 41.1 Å². The van der Waals surface area contributed by atoms with Gasteiger partial charge in [0.2, 0.25) is 5.91 Å². The van der Waals surface area contributed by atoms with Gasteiger partial charge in [-0.2, -0.15) is 0 Å². The molecule has 0 radical (unpaired) electrons. The summed E-state index contributed by atoms with van der Waals surface area (Å²) in [5, 5.41) is 6.53. The second-order valence-electron chi connectivity index (χ2n) is 5.62. The number of unbranched alkanes of at least 4 members (excludes halogenated alkanes) is 2. The maximum atomic E-state index is 11.8. The molecule has 3 nitrogen and oxygen atoms in total. The van der Waals surface area contributed by atoms with E-state index in [9.17, 15) is 4.79 Å². The van der Waals surface area contributed by atoms with Gasteiger partial charge in [-0.1, -0.05) is 51.8 Å². The van der Waals surface area contributed by atoms with E-state index >= 15 is 0 Å². The maximum absolute atomic E-state index is 11.8. The van der Waals surface area contributed by atoms with E-state index in [2.05, 4.69) is 43.5 Å². The second kappa shape index (κ2) is 9.40. The first kappa shape index (κ1) is 16.5. The Labute approximate surface area is 123 Å². The largest absolute Gasteiger partial charge is 0.380 e. The Morgan fingerprint density at radius 2 is 1.85 bits per heavy atom. The third-order valence-electron chi connectivity index (χ3n) is 3.46. The lowest BCUT2D eigenvalue weighted by molar-refractivity contribution is -0.121. The number of benzene rings is 1. The number of carbonyl (C=O) groups is 1. The molecule has 20 heavy (non-hydrogen) atoms. The minimum Gasteiger partial charge on any atom is -0.380 e. The lowest BCUT2D eigenvalue weighted by Crippen LogP contribution is -2.39. The highest BCUT2D eigenvalue weighted by atomic mass is 16.1. The van der Waals surface area contributed by atoms with E-state index in [1.165, 1.54) is 0 Å². The van der Waals surface area contributed by atoms with E-state index in [4.69, 9.17) is 0 Å². The summed E-state index contributed by atoms with van der Waals surface area (Å²) in [6, 6.07) is 10.4.